The molecule has 0 spiro atoms. The highest BCUT2D eigenvalue weighted by Gasteiger charge is 2.24. The van der Waals surface area contributed by atoms with Gasteiger partial charge in [0.2, 0.25) is 0 Å². The van der Waals surface area contributed by atoms with Crippen LogP contribution >= 0.6 is 24.2 Å². The zero-order chi connectivity index (χ0) is 12.3. The van der Waals surface area contributed by atoms with E-state index in [0.717, 1.165) is 31.0 Å². The average Bonchev–Trinajstić information content (AvgIpc) is 2.87. The third kappa shape index (κ3) is 3.43. The number of carbonyl (C=O) groups is 1. The minimum atomic E-state index is -0.0165. The molecular weight excluding hydrogens is 272 g/mol. The normalized spacial score (nSPS) is 16.1. The molecule has 0 saturated carbocycles. The van der Waals surface area contributed by atoms with E-state index >= 15 is 0 Å². The molecule has 4 nitrogen and oxygen atoms in total. The monoisotopic (exact) mass is 290 g/mol. The van der Waals surface area contributed by atoms with Gasteiger partial charge in [0.1, 0.15) is 0 Å². The lowest BCUT2D eigenvalue weighted by molar-refractivity contribution is 0.0665. The van der Waals surface area contributed by atoms with Crippen LogP contribution in [0.5, 0.6) is 0 Å². The van der Waals surface area contributed by atoms with E-state index in [0.29, 0.717) is 11.8 Å². The fourth-order valence-corrected chi connectivity index (χ4v) is 2.46. The fourth-order valence-electron chi connectivity index (χ4n) is 2.08. The maximum Gasteiger partial charge on any atom is 0.289 e. The molecular formula is C12H19ClN2O2S. The minimum Gasteiger partial charge on any atom is -0.445 e. The Morgan fingerprint density at radius 1 is 1.44 bits per heavy atom. The summed E-state index contributed by atoms with van der Waals surface area (Å²) in [5.41, 5.74) is 0. The molecule has 1 aromatic rings. The standard InChI is InChI=1S/C12H18N2O2S.ClH/c1-14(9-5-7-13-8-6-9)12(15)10-3-4-11(16-10)17-2;/h3-4,9,13H,5-8H2,1-2H3;1H. The summed E-state index contributed by atoms with van der Waals surface area (Å²) in [5.74, 6) is 0.424. The van der Waals surface area contributed by atoms with Crippen LogP contribution in [0.4, 0.5) is 0 Å². The topological polar surface area (TPSA) is 45.5 Å². The molecule has 1 aliphatic heterocycles. The van der Waals surface area contributed by atoms with Gasteiger partial charge in [-0.3, -0.25) is 4.79 Å². The van der Waals surface area contributed by atoms with Crippen LogP contribution in [-0.4, -0.2) is 43.2 Å². The molecule has 1 fully saturated rings. The highest BCUT2D eigenvalue weighted by atomic mass is 35.5. The summed E-state index contributed by atoms with van der Waals surface area (Å²) >= 11 is 1.51. The SMILES string of the molecule is CSc1ccc(C(=O)N(C)C2CCNCC2)o1.Cl. The first kappa shape index (κ1) is 15.4. The second-order valence-electron chi connectivity index (χ2n) is 4.22. The molecule has 1 N–H and O–H groups in total. The van der Waals surface area contributed by atoms with Gasteiger partial charge in [0.05, 0.1) is 0 Å². The molecule has 2 heterocycles. The zero-order valence-corrected chi connectivity index (χ0v) is 12.3. The van der Waals surface area contributed by atoms with Crippen LogP contribution in [0, 0.1) is 0 Å². The maximum atomic E-state index is 12.2. The Hall–Kier alpha value is -0.650. The van der Waals surface area contributed by atoms with Crippen LogP contribution in [0.15, 0.2) is 21.6 Å². The molecule has 6 heteroatoms. The summed E-state index contributed by atoms with van der Waals surface area (Å²) in [7, 11) is 1.86. The summed E-state index contributed by atoms with van der Waals surface area (Å²) in [6.07, 6.45) is 3.96. The second-order valence-corrected chi connectivity index (χ2v) is 5.03. The van der Waals surface area contributed by atoms with Gasteiger partial charge in [-0.15, -0.1) is 12.4 Å². The van der Waals surface area contributed by atoms with Gasteiger partial charge in [0, 0.05) is 13.1 Å². The Morgan fingerprint density at radius 2 is 2.11 bits per heavy atom. The minimum absolute atomic E-state index is 0. The molecule has 18 heavy (non-hydrogen) atoms. The number of hydrogen-bond donors (Lipinski definition) is 1. The van der Waals surface area contributed by atoms with Crippen molar-refractivity contribution in [3.05, 3.63) is 17.9 Å². The highest BCUT2D eigenvalue weighted by molar-refractivity contribution is 7.98. The van der Waals surface area contributed by atoms with Gasteiger partial charge in [-0.05, 0) is 44.3 Å². The first-order valence-electron chi connectivity index (χ1n) is 5.84. The van der Waals surface area contributed by atoms with E-state index in [1.165, 1.54) is 11.8 Å². The number of thioether (sulfide) groups is 1. The van der Waals surface area contributed by atoms with Crippen molar-refractivity contribution < 1.29 is 9.21 Å². The second kappa shape index (κ2) is 7.07. The Bertz CT molecular complexity index is 391. The van der Waals surface area contributed by atoms with Crippen molar-refractivity contribution in [2.75, 3.05) is 26.4 Å². The molecule has 0 aromatic carbocycles. The van der Waals surface area contributed by atoms with Gasteiger partial charge in [0.15, 0.2) is 10.9 Å². The van der Waals surface area contributed by atoms with E-state index in [1.54, 1.807) is 6.07 Å². The number of nitrogens with zero attached hydrogens (tertiary/aromatic N) is 1. The number of hydrogen-bond acceptors (Lipinski definition) is 4. The van der Waals surface area contributed by atoms with Gasteiger partial charge >= 0.3 is 0 Å². The summed E-state index contributed by atoms with van der Waals surface area (Å²) < 4.78 is 5.46. The van der Waals surface area contributed by atoms with Crippen LogP contribution in [-0.2, 0) is 0 Å². The third-order valence-electron chi connectivity index (χ3n) is 3.17. The number of amides is 1. The molecule has 0 bridgehead atoms. The van der Waals surface area contributed by atoms with E-state index < -0.39 is 0 Å². The van der Waals surface area contributed by atoms with E-state index in [9.17, 15) is 4.79 Å². The van der Waals surface area contributed by atoms with Gasteiger partial charge in [-0.25, -0.2) is 0 Å². The van der Waals surface area contributed by atoms with Crippen molar-refractivity contribution in [1.82, 2.24) is 10.2 Å². The lowest BCUT2D eigenvalue weighted by Gasteiger charge is -2.31. The first-order valence-corrected chi connectivity index (χ1v) is 7.06. The molecule has 2 rings (SSSR count). The number of nitrogens with one attached hydrogen (secondary N) is 1. The maximum absolute atomic E-state index is 12.2. The Kier molecular flexibility index (Phi) is 6.05. The van der Waals surface area contributed by atoms with Crippen LogP contribution in [0.25, 0.3) is 0 Å². The van der Waals surface area contributed by atoms with Crippen molar-refractivity contribution in [3.8, 4) is 0 Å². The Balaban J connectivity index is 0.00000162. The van der Waals surface area contributed by atoms with Crippen LogP contribution < -0.4 is 5.32 Å². The summed E-state index contributed by atoms with van der Waals surface area (Å²) in [6, 6.07) is 3.92. The molecule has 102 valence electrons. The summed E-state index contributed by atoms with van der Waals surface area (Å²) in [6.45, 7) is 1.97. The van der Waals surface area contributed by atoms with Crippen molar-refractivity contribution >= 4 is 30.1 Å². The quantitative estimate of drug-likeness (QED) is 0.867. The van der Waals surface area contributed by atoms with E-state index in [4.69, 9.17) is 4.42 Å². The molecule has 1 saturated heterocycles. The predicted molar refractivity (Wildman–Crippen MR) is 75.7 cm³/mol. The predicted octanol–water partition coefficient (Wildman–Crippen LogP) is 2.25. The van der Waals surface area contributed by atoms with Crippen LogP contribution in [0.3, 0.4) is 0 Å². The Morgan fingerprint density at radius 3 is 2.67 bits per heavy atom. The smallest absolute Gasteiger partial charge is 0.289 e. The zero-order valence-electron chi connectivity index (χ0n) is 10.6. The number of piperidine rings is 1. The average molecular weight is 291 g/mol. The van der Waals surface area contributed by atoms with E-state index in [2.05, 4.69) is 5.32 Å². The summed E-state index contributed by atoms with van der Waals surface area (Å²) in [4.78, 5) is 14.0. The molecule has 0 aliphatic carbocycles. The molecule has 0 radical (unpaired) electrons. The Labute approximate surface area is 118 Å². The number of carbonyl (C=O) groups excluding carboxylic acids is 1. The molecule has 1 amide bonds. The number of halogens is 1. The molecule has 0 atom stereocenters. The number of furan rings is 1. The molecule has 0 unspecified atom stereocenters. The molecule has 1 aromatic heterocycles. The van der Waals surface area contributed by atoms with Gasteiger partial charge in [0.25, 0.3) is 5.91 Å². The van der Waals surface area contributed by atoms with Crippen molar-refractivity contribution in [3.63, 3.8) is 0 Å². The number of rotatable bonds is 3. The van der Waals surface area contributed by atoms with Gasteiger partial charge < -0.3 is 14.6 Å². The summed E-state index contributed by atoms with van der Waals surface area (Å²) in [5, 5.41) is 4.08. The van der Waals surface area contributed by atoms with Crippen molar-refractivity contribution in [1.29, 1.82) is 0 Å². The van der Waals surface area contributed by atoms with E-state index in [1.807, 2.05) is 24.3 Å². The highest BCUT2D eigenvalue weighted by Crippen LogP contribution is 2.20. The van der Waals surface area contributed by atoms with Crippen molar-refractivity contribution in [2.24, 2.45) is 0 Å². The molecule has 1 aliphatic rings. The van der Waals surface area contributed by atoms with Crippen LogP contribution in [0.1, 0.15) is 23.4 Å². The van der Waals surface area contributed by atoms with Gasteiger partial charge in [-0.2, -0.15) is 0 Å². The van der Waals surface area contributed by atoms with Gasteiger partial charge in [-0.1, -0.05) is 11.8 Å². The van der Waals surface area contributed by atoms with E-state index in [-0.39, 0.29) is 18.3 Å². The third-order valence-corrected chi connectivity index (χ3v) is 3.79. The lowest BCUT2D eigenvalue weighted by Crippen LogP contribution is -2.43. The largest absolute Gasteiger partial charge is 0.445 e. The first-order chi connectivity index (χ1) is 8.22. The lowest BCUT2D eigenvalue weighted by atomic mass is 10.1. The van der Waals surface area contributed by atoms with Crippen molar-refractivity contribution in [2.45, 2.75) is 24.0 Å². The fraction of sp³-hybridized carbons (Fsp3) is 0.583. The van der Waals surface area contributed by atoms with Crippen LogP contribution in [0.2, 0.25) is 0 Å².